The van der Waals surface area contributed by atoms with Crippen molar-refractivity contribution in [1.29, 1.82) is 0 Å². The lowest BCUT2D eigenvalue weighted by molar-refractivity contribution is 0.249. The summed E-state index contributed by atoms with van der Waals surface area (Å²) in [6, 6.07) is 24.6. The average molecular weight is 587 g/mol. The van der Waals surface area contributed by atoms with Gasteiger partial charge in [0, 0.05) is 41.4 Å². The quantitative estimate of drug-likeness (QED) is 0.156. The van der Waals surface area contributed by atoms with E-state index in [4.69, 9.17) is 26.1 Å². The maximum absolute atomic E-state index is 6.05. The zero-order valence-corrected chi connectivity index (χ0v) is 25.7. The van der Waals surface area contributed by atoms with Gasteiger partial charge in [-0.2, -0.15) is 0 Å². The van der Waals surface area contributed by atoms with Crippen LogP contribution in [0.3, 0.4) is 0 Å². The van der Waals surface area contributed by atoms with Crippen LogP contribution in [0, 0.1) is 0 Å². The number of piperidine rings is 1. The van der Waals surface area contributed by atoms with Gasteiger partial charge in [0.2, 0.25) is 0 Å². The van der Waals surface area contributed by atoms with Crippen LogP contribution in [0.15, 0.2) is 79.0 Å². The van der Waals surface area contributed by atoms with Gasteiger partial charge in [0.1, 0.15) is 17.3 Å². The standard InChI is InChI=1S/C35H43ClN4O2/c1-3-39(4-2)23-5-24-41-33-16-12-31(13-17-33)40-26-34(38-35(40)29-18-21-37-22-19-29)28-8-14-32(15-9-28)42-25-20-27-6-10-30(36)11-7-27/h6-17,26,29,37H,3-5,18-25H2,1-2H3. The number of rotatable bonds is 14. The Kier molecular flexibility index (Phi) is 10.9. The smallest absolute Gasteiger partial charge is 0.119 e. The summed E-state index contributed by atoms with van der Waals surface area (Å²) in [5.41, 5.74) is 4.39. The second kappa shape index (κ2) is 15.2. The Hall–Kier alpha value is -3.32. The van der Waals surface area contributed by atoms with E-state index in [2.05, 4.69) is 71.2 Å². The summed E-state index contributed by atoms with van der Waals surface area (Å²) >= 11 is 5.99. The average Bonchev–Trinajstić information content (AvgIpc) is 3.49. The van der Waals surface area contributed by atoms with Gasteiger partial charge in [-0.05, 0) is 112 Å². The van der Waals surface area contributed by atoms with Crippen molar-refractivity contribution in [2.45, 2.75) is 45.4 Å². The zero-order chi connectivity index (χ0) is 29.1. The number of benzene rings is 3. The summed E-state index contributed by atoms with van der Waals surface area (Å²) in [4.78, 5) is 7.61. The number of aromatic nitrogens is 2. The van der Waals surface area contributed by atoms with Crippen molar-refractivity contribution >= 4 is 11.6 Å². The summed E-state index contributed by atoms with van der Waals surface area (Å²) in [5, 5.41) is 4.24. The summed E-state index contributed by atoms with van der Waals surface area (Å²) < 4.78 is 14.3. The molecule has 0 saturated carbocycles. The fourth-order valence-electron chi connectivity index (χ4n) is 5.49. The Morgan fingerprint density at radius 2 is 1.50 bits per heavy atom. The third-order valence-corrected chi connectivity index (χ3v) is 8.31. The topological polar surface area (TPSA) is 51.5 Å². The van der Waals surface area contributed by atoms with Gasteiger partial charge in [0.15, 0.2) is 0 Å². The number of nitrogens with one attached hydrogen (secondary N) is 1. The fourth-order valence-corrected chi connectivity index (χ4v) is 5.62. The van der Waals surface area contributed by atoms with E-state index in [0.717, 1.165) is 104 Å². The molecule has 6 nitrogen and oxygen atoms in total. The van der Waals surface area contributed by atoms with E-state index in [1.54, 1.807) is 0 Å². The van der Waals surface area contributed by atoms with Crippen molar-refractivity contribution in [3.8, 4) is 28.4 Å². The van der Waals surface area contributed by atoms with Gasteiger partial charge in [-0.15, -0.1) is 0 Å². The van der Waals surface area contributed by atoms with Gasteiger partial charge in [-0.3, -0.25) is 0 Å². The van der Waals surface area contributed by atoms with Gasteiger partial charge in [0.05, 0.1) is 18.9 Å². The predicted octanol–water partition coefficient (Wildman–Crippen LogP) is 7.39. The zero-order valence-electron chi connectivity index (χ0n) is 24.9. The summed E-state index contributed by atoms with van der Waals surface area (Å²) in [7, 11) is 0. The van der Waals surface area contributed by atoms with Crippen LogP contribution in [-0.4, -0.2) is 60.4 Å². The molecule has 7 heteroatoms. The number of halogens is 1. The largest absolute Gasteiger partial charge is 0.494 e. The van der Waals surface area contributed by atoms with E-state index >= 15 is 0 Å². The first-order valence-electron chi connectivity index (χ1n) is 15.4. The molecule has 222 valence electrons. The first-order valence-corrected chi connectivity index (χ1v) is 15.7. The molecule has 0 aliphatic carbocycles. The Morgan fingerprint density at radius 3 is 2.17 bits per heavy atom. The molecule has 0 amide bonds. The van der Waals surface area contributed by atoms with Crippen LogP contribution in [-0.2, 0) is 6.42 Å². The van der Waals surface area contributed by atoms with Crippen LogP contribution in [0.25, 0.3) is 16.9 Å². The molecule has 3 aromatic carbocycles. The maximum Gasteiger partial charge on any atom is 0.119 e. The van der Waals surface area contributed by atoms with E-state index in [1.807, 2.05) is 36.4 Å². The van der Waals surface area contributed by atoms with Crippen LogP contribution >= 0.6 is 11.6 Å². The molecule has 1 aliphatic heterocycles. The summed E-state index contributed by atoms with van der Waals surface area (Å²) in [6.07, 6.45) is 6.21. The highest BCUT2D eigenvalue weighted by molar-refractivity contribution is 6.30. The molecule has 1 fully saturated rings. The lowest BCUT2D eigenvalue weighted by Gasteiger charge is -2.23. The Balaban J connectivity index is 1.26. The molecule has 1 aromatic heterocycles. The molecule has 0 unspecified atom stereocenters. The number of hydrogen-bond donors (Lipinski definition) is 1. The minimum Gasteiger partial charge on any atom is -0.494 e. The Labute approximate surface area is 255 Å². The molecule has 0 radical (unpaired) electrons. The number of imidazole rings is 1. The molecule has 5 rings (SSSR count). The maximum atomic E-state index is 6.05. The molecular formula is C35H43ClN4O2. The monoisotopic (exact) mass is 586 g/mol. The van der Waals surface area contributed by atoms with Crippen molar-refractivity contribution < 1.29 is 9.47 Å². The Bertz CT molecular complexity index is 1360. The molecule has 4 aromatic rings. The highest BCUT2D eigenvalue weighted by Crippen LogP contribution is 2.31. The Morgan fingerprint density at radius 1 is 0.857 bits per heavy atom. The van der Waals surface area contributed by atoms with Crippen molar-refractivity contribution in [3.05, 3.63) is 95.4 Å². The van der Waals surface area contributed by atoms with E-state index in [1.165, 1.54) is 5.56 Å². The fraction of sp³-hybridized carbons (Fsp3) is 0.400. The number of hydrogen-bond acceptors (Lipinski definition) is 5. The van der Waals surface area contributed by atoms with E-state index in [9.17, 15) is 0 Å². The van der Waals surface area contributed by atoms with E-state index in [0.29, 0.717) is 12.5 Å². The predicted molar refractivity (Wildman–Crippen MR) is 172 cm³/mol. The highest BCUT2D eigenvalue weighted by atomic mass is 35.5. The SMILES string of the molecule is CCN(CC)CCCOc1ccc(-n2cc(-c3ccc(OCCc4ccc(Cl)cc4)cc3)nc2C2CCNCC2)cc1. The van der Waals surface area contributed by atoms with Crippen molar-refractivity contribution in [2.75, 3.05) is 45.9 Å². The second-order valence-electron chi connectivity index (χ2n) is 10.9. The van der Waals surface area contributed by atoms with Crippen LogP contribution < -0.4 is 14.8 Å². The van der Waals surface area contributed by atoms with Gasteiger partial charge >= 0.3 is 0 Å². The molecule has 42 heavy (non-hydrogen) atoms. The molecule has 0 atom stereocenters. The van der Waals surface area contributed by atoms with Crippen molar-refractivity contribution in [3.63, 3.8) is 0 Å². The lowest BCUT2D eigenvalue weighted by Crippen LogP contribution is -2.28. The van der Waals surface area contributed by atoms with Crippen LogP contribution in [0.1, 0.15) is 50.4 Å². The third-order valence-electron chi connectivity index (χ3n) is 8.06. The second-order valence-corrected chi connectivity index (χ2v) is 11.3. The molecule has 0 bridgehead atoms. The molecular weight excluding hydrogens is 544 g/mol. The van der Waals surface area contributed by atoms with Crippen molar-refractivity contribution in [1.82, 2.24) is 19.8 Å². The van der Waals surface area contributed by atoms with Crippen LogP contribution in [0.4, 0.5) is 0 Å². The van der Waals surface area contributed by atoms with Crippen LogP contribution in [0.5, 0.6) is 11.5 Å². The third kappa shape index (κ3) is 8.15. The molecule has 1 aliphatic rings. The van der Waals surface area contributed by atoms with Gasteiger partial charge in [0.25, 0.3) is 0 Å². The highest BCUT2D eigenvalue weighted by Gasteiger charge is 2.22. The minimum absolute atomic E-state index is 0.423. The summed E-state index contributed by atoms with van der Waals surface area (Å²) in [5.74, 6) is 3.32. The normalized spacial score (nSPS) is 13.9. The number of ether oxygens (including phenoxy) is 2. The molecule has 2 heterocycles. The first kappa shape index (κ1) is 30.1. The molecule has 0 spiro atoms. The van der Waals surface area contributed by atoms with Gasteiger partial charge in [-0.1, -0.05) is 37.6 Å². The van der Waals surface area contributed by atoms with Gasteiger partial charge < -0.3 is 24.3 Å². The molecule has 1 saturated heterocycles. The minimum atomic E-state index is 0.423. The van der Waals surface area contributed by atoms with E-state index in [-0.39, 0.29) is 0 Å². The number of nitrogens with zero attached hydrogens (tertiary/aromatic N) is 3. The summed E-state index contributed by atoms with van der Waals surface area (Å²) in [6.45, 7) is 11.0. The molecule has 1 N–H and O–H groups in total. The van der Waals surface area contributed by atoms with Crippen LogP contribution in [0.2, 0.25) is 5.02 Å². The lowest BCUT2D eigenvalue weighted by atomic mass is 9.97. The van der Waals surface area contributed by atoms with E-state index < -0.39 is 0 Å². The van der Waals surface area contributed by atoms with Gasteiger partial charge in [-0.25, -0.2) is 4.98 Å². The van der Waals surface area contributed by atoms with Crippen molar-refractivity contribution in [2.24, 2.45) is 0 Å². The first-order chi connectivity index (χ1) is 20.6.